The highest BCUT2D eigenvalue weighted by molar-refractivity contribution is 5.78. The average Bonchev–Trinajstić information content (AvgIpc) is 2.78. The van der Waals surface area contributed by atoms with E-state index in [1.54, 1.807) is 0 Å². The van der Waals surface area contributed by atoms with Crippen molar-refractivity contribution in [2.45, 2.75) is 31.9 Å². The Labute approximate surface area is 92.2 Å². The molecule has 2 saturated carbocycles. The van der Waals surface area contributed by atoms with Crippen LogP contribution in [-0.2, 0) is 0 Å². The number of rotatable bonds is 2. The first-order chi connectivity index (χ1) is 7.43. The van der Waals surface area contributed by atoms with Gasteiger partial charge in [-0.1, -0.05) is 6.42 Å². The Bertz CT molecular complexity index is 333. The molecule has 2 nitrogen and oxygen atoms in total. The minimum atomic E-state index is -4.51. The van der Waals surface area contributed by atoms with Crippen LogP contribution in [0.15, 0.2) is 11.3 Å². The van der Waals surface area contributed by atoms with Gasteiger partial charge in [-0.3, -0.25) is 0 Å². The molecule has 0 spiro atoms. The first kappa shape index (κ1) is 11.5. The van der Waals surface area contributed by atoms with Gasteiger partial charge in [0, 0.05) is 11.8 Å². The van der Waals surface area contributed by atoms with Crippen molar-refractivity contribution >= 4 is 6.21 Å². The highest BCUT2D eigenvalue weighted by Gasteiger charge is 2.44. The average molecular weight is 232 g/mol. The fourth-order valence-electron chi connectivity index (χ4n) is 3.17. The van der Waals surface area contributed by atoms with Gasteiger partial charge >= 0.3 is 6.18 Å². The minimum absolute atomic E-state index is 0.000278. The zero-order chi connectivity index (χ0) is 11.9. The normalized spacial score (nSPS) is 35.1. The summed E-state index contributed by atoms with van der Waals surface area (Å²) in [4.78, 5) is 0. The Morgan fingerprint density at radius 3 is 2.31 bits per heavy atom. The molecule has 2 rings (SSSR count). The van der Waals surface area contributed by atoms with Gasteiger partial charge in [0.1, 0.15) is 5.70 Å². The van der Waals surface area contributed by atoms with Crippen LogP contribution in [-0.4, -0.2) is 12.4 Å². The number of nitrogens with one attached hydrogen (secondary N) is 1. The molecule has 0 radical (unpaired) electrons. The van der Waals surface area contributed by atoms with Gasteiger partial charge in [-0.05, 0) is 37.0 Å². The molecule has 0 aromatic heterocycles. The summed E-state index contributed by atoms with van der Waals surface area (Å²) in [6, 6.07) is 0. The molecule has 2 aliphatic rings. The van der Waals surface area contributed by atoms with E-state index in [1.807, 2.05) is 0 Å². The van der Waals surface area contributed by atoms with E-state index in [-0.39, 0.29) is 11.5 Å². The molecule has 3 atom stereocenters. The SMILES string of the molecule is N=CC(=C(N)C(F)(F)F)C1CC2CCC1C2. The topological polar surface area (TPSA) is 49.9 Å². The molecule has 90 valence electrons. The first-order valence-corrected chi connectivity index (χ1v) is 5.50. The smallest absolute Gasteiger partial charge is 0.394 e. The maximum atomic E-state index is 12.5. The molecule has 0 aromatic carbocycles. The van der Waals surface area contributed by atoms with Crippen LogP contribution in [0, 0.1) is 23.2 Å². The van der Waals surface area contributed by atoms with Crippen LogP contribution in [0.2, 0.25) is 0 Å². The van der Waals surface area contributed by atoms with E-state index < -0.39 is 11.9 Å². The van der Waals surface area contributed by atoms with Crippen LogP contribution in [0.1, 0.15) is 25.7 Å². The molecule has 2 aliphatic carbocycles. The van der Waals surface area contributed by atoms with Crippen LogP contribution < -0.4 is 5.73 Å². The lowest BCUT2D eigenvalue weighted by Gasteiger charge is -2.24. The third-order valence-corrected chi connectivity index (χ3v) is 3.91. The van der Waals surface area contributed by atoms with Crippen LogP contribution in [0.3, 0.4) is 0 Å². The molecule has 2 bridgehead atoms. The summed E-state index contributed by atoms with van der Waals surface area (Å²) in [5.74, 6) is 0.714. The Balaban J connectivity index is 2.27. The molecule has 0 aromatic rings. The van der Waals surface area contributed by atoms with Gasteiger partial charge in [0.05, 0.1) is 0 Å². The Morgan fingerprint density at radius 2 is 1.94 bits per heavy atom. The second-order valence-electron chi connectivity index (χ2n) is 4.79. The van der Waals surface area contributed by atoms with Crippen molar-refractivity contribution in [3.63, 3.8) is 0 Å². The lowest BCUT2D eigenvalue weighted by atomic mass is 9.82. The van der Waals surface area contributed by atoms with Crippen molar-refractivity contribution in [3.8, 4) is 0 Å². The van der Waals surface area contributed by atoms with E-state index in [0.29, 0.717) is 11.8 Å². The first-order valence-electron chi connectivity index (χ1n) is 5.50. The monoisotopic (exact) mass is 232 g/mol. The second kappa shape index (κ2) is 3.79. The highest BCUT2D eigenvalue weighted by Crippen LogP contribution is 2.51. The van der Waals surface area contributed by atoms with E-state index in [4.69, 9.17) is 11.1 Å². The van der Waals surface area contributed by atoms with Crippen molar-refractivity contribution < 1.29 is 13.2 Å². The van der Waals surface area contributed by atoms with Crippen molar-refractivity contribution in [3.05, 3.63) is 11.3 Å². The number of nitrogens with two attached hydrogens (primary N) is 1. The van der Waals surface area contributed by atoms with E-state index in [0.717, 1.165) is 31.9 Å². The molecule has 0 aliphatic heterocycles. The summed E-state index contributed by atoms with van der Waals surface area (Å²) >= 11 is 0. The van der Waals surface area contributed by atoms with E-state index >= 15 is 0 Å². The predicted octanol–water partition coefficient (Wildman–Crippen LogP) is 2.85. The summed E-state index contributed by atoms with van der Waals surface area (Å²) in [6.45, 7) is 0. The lowest BCUT2D eigenvalue weighted by molar-refractivity contribution is -0.0937. The lowest BCUT2D eigenvalue weighted by Crippen LogP contribution is -2.26. The van der Waals surface area contributed by atoms with Crippen molar-refractivity contribution in [2.75, 3.05) is 0 Å². The predicted molar refractivity (Wildman–Crippen MR) is 55.0 cm³/mol. The number of halogens is 3. The summed E-state index contributed by atoms with van der Waals surface area (Å²) in [7, 11) is 0. The second-order valence-corrected chi connectivity index (χ2v) is 4.79. The van der Waals surface area contributed by atoms with Crippen LogP contribution in [0.4, 0.5) is 13.2 Å². The standard InChI is InChI=1S/C11H15F3N2/c12-11(13,14)10(16)9(5-15)8-4-6-1-2-7(8)3-6/h5-8,15H,1-4,16H2. The van der Waals surface area contributed by atoms with Gasteiger partial charge < -0.3 is 11.1 Å². The molecule has 5 heteroatoms. The third-order valence-electron chi connectivity index (χ3n) is 3.91. The number of hydrogen-bond donors (Lipinski definition) is 2. The summed E-state index contributed by atoms with van der Waals surface area (Å²) in [6.07, 6.45) is 0.179. The molecule has 3 N–H and O–H groups in total. The Morgan fingerprint density at radius 1 is 1.25 bits per heavy atom. The van der Waals surface area contributed by atoms with Crippen molar-refractivity contribution in [1.82, 2.24) is 0 Å². The molecule has 3 unspecified atom stereocenters. The Kier molecular flexibility index (Phi) is 2.72. The van der Waals surface area contributed by atoms with Crippen molar-refractivity contribution in [1.29, 1.82) is 5.41 Å². The fraction of sp³-hybridized carbons (Fsp3) is 0.727. The molecular weight excluding hydrogens is 217 g/mol. The highest BCUT2D eigenvalue weighted by atomic mass is 19.4. The summed E-state index contributed by atoms with van der Waals surface area (Å²) in [5.41, 5.74) is 4.05. The van der Waals surface area contributed by atoms with E-state index in [1.165, 1.54) is 0 Å². The minimum Gasteiger partial charge on any atom is -0.394 e. The van der Waals surface area contributed by atoms with Crippen LogP contribution in [0.25, 0.3) is 0 Å². The zero-order valence-electron chi connectivity index (χ0n) is 8.85. The van der Waals surface area contributed by atoms with Gasteiger partial charge in [0.25, 0.3) is 0 Å². The maximum absolute atomic E-state index is 12.5. The van der Waals surface area contributed by atoms with Gasteiger partial charge in [0.2, 0.25) is 0 Å². The quantitative estimate of drug-likeness (QED) is 0.707. The number of alkyl halides is 3. The molecule has 0 saturated heterocycles. The van der Waals surface area contributed by atoms with Gasteiger partial charge in [-0.15, -0.1) is 0 Å². The molecule has 0 amide bonds. The molecular formula is C11H15F3N2. The molecule has 0 heterocycles. The van der Waals surface area contributed by atoms with Gasteiger partial charge in [0.15, 0.2) is 0 Å². The van der Waals surface area contributed by atoms with Crippen molar-refractivity contribution in [2.24, 2.45) is 23.5 Å². The zero-order valence-corrected chi connectivity index (χ0v) is 8.85. The van der Waals surface area contributed by atoms with E-state index in [9.17, 15) is 13.2 Å². The number of allylic oxidation sites excluding steroid dienone is 2. The van der Waals surface area contributed by atoms with Gasteiger partial charge in [-0.25, -0.2) is 0 Å². The maximum Gasteiger partial charge on any atom is 0.431 e. The fourth-order valence-corrected chi connectivity index (χ4v) is 3.17. The summed E-state index contributed by atoms with van der Waals surface area (Å²) in [5, 5.41) is 7.15. The van der Waals surface area contributed by atoms with E-state index in [2.05, 4.69) is 0 Å². The third kappa shape index (κ3) is 1.83. The van der Waals surface area contributed by atoms with Crippen LogP contribution in [0.5, 0.6) is 0 Å². The largest absolute Gasteiger partial charge is 0.431 e. The number of fused-ring (bicyclic) bond motifs is 2. The molecule has 2 fully saturated rings. The van der Waals surface area contributed by atoms with Crippen LogP contribution >= 0.6 is 0 Å². The Hall–Kier alpha value is -1.00. The van der Waals surface area contributed by atoms with Gasteiger partial charge in [-0.2, -0.15) is 13.2 Å². The summed E-state index contributed by atoms with van der Waals surface area (Å²) < 4.78 is 37.5. The number of hydrogen-bond acceptors (Lipinski definition) is 2. The molecule has 16 heavy (non-hydrogen) atoms.